The number of rotatable bonds is 7. The molecule has 0 aliphatic heterocycles. The number of carboxylic acid groups (broad SMARTS) is 1. The lowest BCUT2D eigenvalue weighted by Gasteiger charge is -2.17. The van der Waals surface area contributed by atoms with Crippen LogP contribution in [0.15, 0.2) is 24.3 Å². The molecule has 8 heteroatoms. The molecule has 0 saturated heterocycles. The highest BCUT2D eigenvalue weighted by Crippen LogP contribution is 2.23. The molecule has 2 aromatic rings. The van der Waals surface area contributed by atoms with Gasteiger partial charge in [-0.15, -0.1) is 0 Å². The first kappa shape index (κ1) is 24.1. The van der Waals surface area contributed by atoms with E-state index in [0.29, 0.717) is 17.8 Å². The molecule has 0 radical (unpaired) electrons. The molecule has 2 rings (SSSR count). The molecule has 1 aromatic heterocycles. The topological polar surface area (TPSA) is 113 Å². The molecule has 0 aliphatic carbocycles. The van der Waals surface area contributed by atoms with Gasteiger partial charge in [0.1, 0.15) is 11.7 Å². The van der Waals surface area contributed by atoms with Gasteiger partial charge in [0.2, 0.25) is 0 Å². The molecule has 31 heavy (non-hydrogen) atoms. The molecule has 0 fully saturated rings. The molecular weight excluding hydrogens is 396 g/mol. The number of nitrogens with one attached hydrogen (secondary N) is 2. The Morgan fingerprint density at radius 1 is 1.13 bits per heavy atom. The zero-order valence-electron chi connectivity index (χ0n) is 19.2. The maximum Gasteiger partial charge on any atom is 0.326 e. The fourth-order valence-corrected chi connectivity index (χ4v) is 3.06. The number of benzene rings is 1. The molecular formula is C23H32N4O4. The quantitative estimate of drug-likeness (QED) is 0.625. The Balaban J connectivity index is 2.23. The van der Waals surface area contributed by atoms with Crippen LogP contribution in [-0.4, -0.2) is 38.7 Å². The Morgan fingerprint density at radius 3 is 2.29 bits per heavy atom. The third kappa shape index (κ3) is 6.16. The van der Waals surface area contributed by atoms with Crippen molar-refractivity contribution < 1.29 is 19.5 Å². The van der Waals surface area contributed by atoms with Crippen molar-refractivity contribution >= 4 is 23.5 Å². The van der Waals surface area contributed by atoms with Gasteiger partial charge in [0.05, 0.1) is 5.69 Å². The van der Waals surface area contributed by atoms with Crippen molar-refractivity contribution in [3.8, 4) is 0 Å². The standard InChI is InChI=1S/C23H32N4O4/c1-13(2)10-17(22(30)31)25-20(28)15-9-8-14(3)16(11-15)24-21(29)18-12-19(23(4,5)6)26-27(18)7/h8-9,11-13,17H,10H2,1-7H3,(H,24,29)(H,25,28)(H,30,31). The van der Waals surface area contributed by atoms with Gasteiger partial charge in [-0.1, -0.05) is 40.7 Å². The predicted octanol–water partition coefficient (Wildman–Crippen LogP) is 3.51. The smallest absolute Gasteiger partial charge is 0.326 e. The fraction of sp³-hybridized carbons (Fsp3) is 0.478. The molecule has 1 aromatic carbocycles. The van der Waals surface area contributed by atoms with Crippen LogP contribution in [0.2, 0.25) is 0 Å². The van der Waals surface area contributed by atoms with E-state index >= 15 is 0 Å². The van der Waals surface area contributed by atoms with Crippen LogP contribution in [0.1, 0.15) is 73.1 Å². The number of carbonyl (C=O) groups is 3. The predicted molar refractivity (Wildman–Crippen MR) is 119 cm³/mol. The highest BCUT2D eigenvalue weighted by molar-refractivity contribution is 6.05. The zero-order valence-corrected chi connectivity index (χ0v) is 19.2. The van der Waals surface area contributed by atoms with Crippen LogP contribution in [0.25, 0.3) is 0 Å². The number of hydrogen-bond donors (Lipinski definition) is 3. The van der Waals surface area contributed by atoms with Gasteiger partial charge in [0.25, 0.3) is 11.8 Å². The summed E-state index contributed by atoms with van der Waals surface area (Å²) in [6.45, 7) is 11.7. The number of nitrogens with zero attached hydrogens (tertiary/aromatic N) is 2. The SMILES string of the molecule is Cc1ccc(C(=O)NC(CC(C)C)C(=O)O)cc1NC(=O)c1cc(C(C)(C)C)nn1C. The van der Waals surface area contributed by atoms with E-state index in [9.17, 15) is 19.5 Å². The minimum atomic E-state index is -1.08. The zero-order chi connectivity index (χ0) is 23.5. The van der Waals surface area contributed by atoms with Crippen LogP contribution in [0.4, 0.5) is 5.69 Å². The number of aromatic nitrogens is 2. The third-order valence-electron chi connectivity index (χ3n) is 4.94. The van der Waals surface area contributed by atoms with E-state index in [1.165, 1.54) is 4.68 Å². The summed E-state index contributed by atoms with van der Waals surface area (Å²) in [7, 11) is 1.71. The second-order valence-corrected chi connectivity index (χ2v) is 9.27. The monoisotopic (exact) mass is 428 g/mol. The number of aliphatic carboxylic acids is 1. The molecule has 2 amide bonds. The summed E-state index contributed by atoms with van der Waals surface area (Å²) in [6.07, 6.45) is 0.327. The van der Waals surface area contributed by atoms with Crippen molar-refractivity contribution in [1.29, 1.82) is 0 Å². The summed E-state index contributed by atoms with van der Waals surface area (Å²) in [5.41, 5.74) is 2.54. The number of carboxylic acids is 1. The average molecular weight is 429 g/mol. The highest BCUT2D eigenvalue weighted by Gasteiger charge is 2.24. The Labute approximate surface area is 183 Å². The van der Waals surface area contributed by atoms with Crippen molar-refractivity contribution in [1.82, 2.24) is 15.1 Å². The van der Waals surface area contributed by atoms with Gasteiger partial charge < -0.3 is 15.7 Å². The third-order valence-corrected chi connectivity index (χ3v) is 4.94. The number of carbonyl (C=O) groups excluding carboxylic acids is 2. The Bertz CT molecular complexity index is 986. The molecule has 0 bridgehead atoms. The normalized spacial score (nSPS) is 12.5. The summed E-state index contributed by atoms with van der Waals surface area (Å²) >= 11 is 0. The lowest BCUT2D eigenvalue weighted by molar-refractivity contribution is -0.139. The summed E-state index contributed by atoms with van der Waals surface area (Å²) in [5, 5.41) is 19.2. The lowest BCUT2D eigenvalue weighted by atomic mass is 9.92. The Hall–Kier alpha value is -3.16. The molecule has 1 heterocycles. The van der Waals surface area contributed by atoms with E-state index in [1.807, 2.05) is 41.5 Å². The van der Waals surface area contributed by atoms with E-state index < -0.39 is 17.9 Å². The second kappa shape index (κ2) is 9.32. The fourth-order valence-electron chi connectivity index (χ4n) is 3.06. The number of aryl methyl sites for hydroxylation is 2. The van der Waals surface area contributed by atoms with Crippen LogP contribution in [-0.2, 0) is 17.3 Å². The number of anilines is 1. The van der Waals surface area contributed by atoms with Gasteiger partial charge in [-0.2, -0.15) is 5.10 Å². The van der Waals surface area contributed by atoms with E-state index in [0.717, 1.165) is 11.3 Å². The minimum Gasteiger partial charge on any atom is -0.480 e. The van der Waals surface area contributed by atoms with Crippen molar-refractivity contribution in [2.45, 2.75) is 59.4 Å². The second-order valence-electron chi connectivity index (χ2n) is 9.27. The van der Waals surface area contributed by atoms with Gasteiger partial charge in [-0.05, 0) is 43.0 Å². The summed E-state index contributed by atoms with van der Waals surface area (Å²) in [4.78, 5) is 36.9. The van der Waals surface area contributed by atoms with E-state index in [1.54, 1.807) is 31.3 Å². The molecule has 0 spiro atoms. The molecule has 0 aliphatic rings. The summed E-state index contributed by atoms with van der Waals surface area (Å²) in [5.74, 6) is -1.80. The maximum atomic E-state index is 12.8. The van der Waals surface area contributed by atoms with E-state index in [2.05, 4.69) is 15.7 Å². The number of hydrogen-bond acceptors (Lipinski definition) is 4. The van der Waals surface area contributed by atoms with Crippen LogP contribution in [0.5, 0.6) is 0 Å². The highest BCUT2D eigenvalue weighted by atomic mass is 16.4. The van der Waals surface area contributed by atoms with Crippen molar-refractivity contribution in [3.05, 3.63) is 46.8 Å². The van der Waals surface area contributed by atoms with E-state index in [4.69, 9.17) is 0 Å². The maximum absolute atomic E-state index is 12.8. The van der Waals surface area contributed by atoms with Crippen LogP contribution in [0.3, 0.4) is 0 Å². The molecule has 168 valence electrons. The van der Waals surface area contributed by atoms with Crippen molar-refractivity contribution in [3.63, 3.8) is 0 Å². The largest absolute Gasteiger partial charge is 0.480 e. The average Bonchev–Trinajstić information content (AvgIpc) is 3.04. The first-order valence-electron chi connectivity index (χ1n) is 10.3. The van der Waals surface area contributed by atoms with Crippen LogP contribution >= 0.6 is 0 Å². The van der Waals surface area contributed by atoms with Crippen LogP contribution in [0, 0.1) is 12.8 Å². The molecule has 3 N–H and O–H groups in total. The van der Waals surface area contributed by atoms with E-state index in [-0.39, 0.29) is 22.8 Å². The van der Waals surface area contributed by atoms with Crippen LogP contribution < -0.4 is 10.6 Å². The molecule has 0 saturated carbocycles. The van der Waals surface area contributed by atoms with Crippen molar-refractivity contribution in [2.24, 2.45) is 13.0 Å². The van der Waals surface area contributed by atoms with Gasteiger partial charge >= 0.3 is 5.97 Å². The first-order chi connectivity index (χ1) is 14.3. The number of amides is 2. The molecule has 1 atom stereocenters. The Kier molecular flexibility index (Phi) is 7.25. The van der Waals surface area contributed by atoms with Gasteiger partial charge in [0, 0.05) is 23.7 Å². The van der Waals surface area contributed by atoms with Crippen molar-refractivity contribution in [2.75, 3.05) is 5.32 Å². The molecule has 8 nitrogen and oxygen atoms in total. The summed E-state index contributed by atoms with van der Waals surface area (Å²) < 4.78 is 1.53. The molecule has 1 unspecified atom stereocenters. The van der Waals surface area contributed by atoms with Gasteiger partial charge in [-0.25, -0.2) is 4.79 Å². The van der Waals surface area contributed by atoms with Gasteiger partial charge in [0.15, 0.2) is 0 Å². The first-order valence-corrected chi connectivity index (χ1v) is 10.3. The minimum absolute atomic E-state index is 0.117. The van der Waals surface area contributed by atoms with Gasteiger partial charge in [-0.3, -0.25) is 14.3 Å². The summed E-state index contributed by atoms with van der Waals surface area (Å²) in [6, 6.07) is 5.66. The lowest BCUT2D eigenvalue weighted by Crippen LogP contribution is -2.41. The Morgan fingerprint density at radius 2 is 1.77 bits per heavy atom.